The fraction of sp³-hybridized carbons (Fsp3) is 0.391. The number of Topliss-reactive ketones (excluding diaryl/α,β-unsaturated/α-hetero) is 1. The molecule has 0 bridgehead atoms. The molecule has 0 unspecified atom stereocenters. The lowest BCUT2D eigenvalue weighted by molar-refractivity contribution is -0.142. The molecule has 172 valence electrons. The molecule has 2 aromatic carbocycles. The Hall–Kier alpha value is -2.91. The molecule has 0 fully saturated rings. The molecule has 9 heteroatoms. The maximum absolute atomic E-state index is 12.9. The number of rotatable bonds is 8. The molecule has 0 radical (unpaired) electrons. The standard InChI is InChI=1S/C23H27NO7S/c1-13-14(2)16(4)23(17(5)15(13)3)32(27,28)24-9-8-22(26)29-11-19(25)18-6-7-20-21(10-18)31-12-30-20/h6-7,10,24H,8-9,11-12H2,1-5H3. The number of benzene rings is 2. The Morgan fingerprint density at radius 1 is 0.938 bits per heavy atom. The second kappa shape index (κ2) is 9.30. The fourth-order valence-corrected chi connectivity index (χ4v) is 5.23. The maximum Gasteiger partial charge on any atom is 0.307 e. The molecule has 0 atom stereocenters. The van der Waals surface area contributed by atoms with E-state index < -0.39 is 28.4 Å². The summed E-state index contributed by atoms with van der Waals surface area (Å²) in [6.45, 7) is 8.83. The van der Waals surface area contributed by atoms with Crippen molar-refractivity contribution in [2.75, 3.05) is 19.9 Å². The molecule has 0 aromatic heterocycles. The molecule has 1 N–H and O–H groups in total. The first kappa shape index (κ1) is 23.7. The van der Waals surface area contributed by atoms with Crippen LogP contribution in [0.15, 0.2) is 23.1 Å². The summed E-state index contributed by atoms with van der Waals surface area (Å²) in [5.74, 6) is -0.0559. The van der Waals surface area contributed by atoms with Crippen LogP contribution < -0.4 is 14.2 Å². The Morgan fingerprint density at radius 3 is 2.19 bits per heavy atom. The van der Waals surface area contributed by atoms with E-state index in [1.165, 1.54) is 6.07 Å². The Bertz CT molecular complexity index is 1160. The molecule has 1 heterocycles. The molecule has 0 amide bonds. The highest BCUT2D eigenvalue weighted by atomic mass is 32.2. The van der Waals surface area contributed by atoms with E-state index in [1.807, 2.05) is 20.8 Å². The van der Waals surface area contributed by atoms with Crippen LogP contribution >= 0.6 is 0 Å². The van der Waals surface area contributed by atoms with Gasteiger partial charge in [0.1, 0.15) is 0 Å². The Labute approximate surface area is 187 Å². The van der Waals surface area contributed by atoms with Crippen molar-refractivity contribution in [2.24, 2.45) is 0 Å². The highest BCUT2D eigenvalue weighted by Gasteiger charge is 2.24. The number of hydrogen-bond acceptors (Lipinski definition) is 7. The molecule has 0 spiro atoms. The van der Waals surface area contributed by atoms with Crippen molar-refractivity contribution in [3.8, 4) is 11.5 Å². The Balaban J connectivity index is 1.55. The van der Waals surface area contributed by atoms with Crippen LogP contribution in [-0.4, -0.2) is 40.1 Å². The zero-order valence-corrected chi connectivity index (χ0v) is 19.6. The normalized spacial score (nSPS) is 12.7. The number of ketones is 1. The lowest BCUT2D eigenvalue weighted by Gasteiger charge is -2.19. The zero-order chi connectivity index (χ0) is 23.6. The lowest BCUT2D eigenvalue weighted by Crippen LogP contribution is -2.29. The summed E-state index contributed by atoms with van der Waals surface area (Å²) in [4.78, 5) is 24.5. The first-order chi connectivity index (χ1) is 15.0. The highest BCUT2D eigenvalue weighted by Crippen LogP contribution is 2.32. The van der Waals surface area contributed by atoms with E-state index in [4.69, 9.17) is 14.2 Å². The van der Waals surface area contributed by atoms with Gasteiger partial charge in [-0.2, -0.15) is 0 Å². The Kier molecular flexibility index (Phi) is 6.90. The average molecular weight is 462 g/mol. The van der Waals surface area contributed by atoms with E-state index in [9.17, 15) is 18.0 Å². The smallest absolute Gasteiger partial charge is 0.307 e. The number of esters is 1. The molecular formula is C23H27NO7S. The number of sulfonamides is 1. The minimum absolute atomic E-state index is 0.0959. The van der Waals surface area contributed by atoms with Crippen molar-refractivity contribution in [1.29, 1.82) is 0 Å². The minimum Gasteiger partial charge on any atom is -0.457 e. The summed E-state index contributed by atoms with van der Waals surface area (Å²) in [5.41, 5.74) is 4.63. The summed E-state index contributed by atoms with van der Waals surface area (Å²) >= 11 is 0. The second-order valence-corrected chi connectivity index (χ2v) is 9.46. The molecule has 0 saturated heterocycles. The third-order valence-electron chi connectivity index (χ3n) is 5.88. The number of hydrogen-bond donors (Lipinski definition) is 1. The van der Waals surface area contributed by atoms with Crippen molar-refractivity contribution >= 4 is 21.8 Å². The lowest BCUT2D eigenvalue weighted by atomic mass is 9.95. The SMILES string of the molecule is Cc1c(C)c(C)c(S(=O)(=O)NCCC(=O)OCC(=O)c2ccc3c(c2)OCO3)c(C)c1C. The van der Waals surface area contributed by atoms with Crippen molar-refractivity contribution < 1.29 is 32.2 Å². The van der Waals surface area contributed by atoms with Crippen molar-refractivity contribution in [3.05, 3.63) is 51.6 Å². The summed E-state index contributed by atoms with van der Waals surface area (Å²) in [7, 11) is -3.81. The van der Waals surface area contributed by atoms with Gasteiger partial charge < -0.3 is 14.2 Å². The van der Waals surface area contributed by atoms with E-state index in [1.54, 1.807) is 26.0 Å². The number of carbonyl (C=O) groups is 2. The van der Waals surface area contributed by atoms with Crippen LogP contribution in [0.25, 0.3) is 0 Å². The van der Waals surface area contributed by atoms with Gasteiger partial charge in [0.25, 0.3) is 0 Å². The fourth-order valence-electron chi connectivity index (χ4n) is 3.60. The topological polar surface area (TPSA) is 108 Å². The quantitative estimate of drug-likeness (QED) is 0.475. The van der Waals surface area contributed by atoms with Gasteiger partial charge in [-0.15, -0.1) is 0 Å². The number of nitrogens with one attached hydrogen (secondary N) is 1. The summed E-state index contributed by atoms with van der Waals surface area (Å²) in [5, 5.41) is 0. The number of fused-ring (bicyclic) bond motifs is 1. The predicted molar refractivity (Wildman–Crippen MR) is 118 cm³/mol. The second-order valence-electron chi connectivity index (χ2n) is 7.75. The Morgan fingerprint density at radius 2 is 1.53 bits per heavy atom. The monoisotopic (exact) mass is 461 g/mol. The molecular weight excluding hydrogens is 434 g/mol. The molecule has 2 aromatic rings. The van der Waals surface area contributed by atoms with Gasteiger partial charge in [0.2, 0.25) is 16.8 Å². The van der Waals surface area contributed by atoms with Crippen molar-refractivity contribution in [2.45, 2.75) is 45.9 Å². The molecule has 1 aliphatic heterocycles. The predicted octanol–water partition coefficient (Wildman–Crippen LogP) is 3.05. The third kappa shape index (κ3) is 4.78. The van der Waals surface area contributed by atoms with Gasteiger partial charge in [0.05, 0.1) is 11.3 Å². The molecule has 3 rings (SSSR count). The van der Waals surface area contributed by atoms with Gasteiger partial charge in [-0.25, -0.2) is 13.1 Å². The van der Waals surface area contributed by atoms with Gasteiger partial charge in [0, 0.05) is 12.1 Å². The molecule has 8 nitrogen and oxygen atoms in total. The van der Waals surface area contributed by atoms with Crippen LogP contribution in [0, 0.1) is 34.6 Å². The zero-order valence-electron chi connectivity index (χ0n) is 18.8. The summed E-state index contributed by atoms with van der Waals surface area (Å²) < 4.78 is 43.6. The van der Waals surface area contributed by atoms with E-state index in [-0.39, 0.29) is 24.7 Å². The van der Waals surface area contributed by atoms with Crippen molar-refractivity contribution in [1.82, 2.24) is 4.72 Å². The van der Waals surface area contributed by atoms with Crippen LogP contribution in [0.5, 0.6) is 11.5 Å². The van der Waals surface area contributed by atoms with Gasteiger partial charge in [-0.05, 0) is 80.6 Å². The first-order valence-corrected chi connectivity index (χ1v) is 11.7. The van der Waals surface area contributed by atoms with Gasteiger partial charge in [-0.3, -0.25) is 9.59 Å². The largest absolute Gasteiger partial charge is 0.457 e. The van der Waals surface area contributed by atoms with Crippen LogP contribution in [0.1, 0.15) is 44.6 Å². The number of carbonyl (C=O) groups excluding carboxylic acids is 2. The minimum atomic E-state index is -3.81. The maximum atomic E-state index is 12.9. The van der Waals surface area contributed by atoms with Crippen LogP contribution in [0.2, 0.25) is 0 Å². The van der Waals surface area contributed by atoms with E-state index in [0.29, 0.717) is 28.2 Å². The molecule has 32 heavy (non-hydrogen) atoms. The summed E-state index contributed by atoms with van der Waals surface area (Å²) in [6, 6.07) is 4.71. The van der Waals surface area contributed by atoms with Crippen LogP contribution in [-0.2, 0) is 19.6 Å². The van der Waals surface area contributed by atoms with Gasteiger partial charge in [0.15, 0.2) is 23.9 Å². The van der Waals surface area contributed by atoms with Gasteiger partial charge in [-0.1, -0.05) is 0 Å². The van der Waals surface area contributed by atoms with Gasteiger partial charge >= 0.3 is 5.97 Å². The van der Waals surface area contributed by atoms with E-state index in [2.05, 4.69) is 4.72 Å². The van der Waals surface area contributed by atoms with Crippen molar-refractivity contribution in [3.63, 3.8) is 0 Å². The van der Waals surface area contributed by atoms with Crippen LogP contribution in [0.3, 0.4) is 0 Å². The first-order valence-electron chi connectivity index (χ1n) is 10.2. The van der Waals surface area contributed by atoms with Crippen LogP contribution in [0.4, 0.5) is 0 Å². The number of ether oxygens (including phenoxy) is 3. The molecule has 0 saturated carbocycles. The summed E-state index contributed by atoms with van der Waals surface area (Å²) in [6.07, 6.45) is -0.199. The van der Waals surface area contributed by atoms with E-state index in [0.717, 1.165) is 16.7 Å². The van der Waals surface area contributed by atoms with E-state index >= 15 is 0 Å². The molecule has 0 aliphatic carbocycles. The third-order valence-corrected chi connectivity index (χ3v) is 7.61. The highest BCUT2D eigenvalue weighted by molar-refractivity contribution is 7.89. The molecule has 1 aliphatic rings. The average Bonchev–Trinajstić information content (AvgIpc) is 3.22.